The molecule has 1 aromatic rings. The van der Waals surface area contributed by atoms with E-state index in [4.69, 9.17) is 6.42 Å². The van der Waals surface area contributed by atoms with Gasteiger partial charge in [0.05, 0.1) is 6.04 Å². The molecule has 2 nitrogen and oxygen atoms in total. The SMILES string of the molecule is C#CC(CCC)NC(=O)C1C2CCc3ccccc3C21. The molecule has 20 heavy (non-hydrogen) atoms. The van der Waals surface area contributed by atoms with Crippen molar-refractivity contribution in [3.05, 3.63) is 35.4 Å². The van der Waals surface area contributed by atoms with Crippen LogP contribution in [-0.2, 0) is 11.2 Å². The number of hydrogen-bond donors (Lipinski definition) is 1. The van der Waals surface area contributed by atoms with Gasteiger partial charge in [0.15, 0.2) is 0 Å². The lowest BCUT2D eigenvalue weighted by molar-refractivity contribution is -0.123. The second kappa shape index (κ2) is 5.32. The van der Waals surface area contributed by atoms with E-state index in [2.05, 4.69) is 42.4 Å². The third kappa shape index (κ3) is 2.22. The van der Waals surface area contributed by atoms with Crippen molar-refractivity contribution in [2.75, 3.05) is 0 Å². The minimum atomic E-state index is -0.106. The molecule has 1 fully saturated rings. The summed E-state index contributed by atoms with van der Waals surface area (Å²) in [5.41, 5.74) is 2.81. The number of aryl methyl sites for hydroxylation is 1. The molecule has 2 aliphatic rings. The van der Waals surface area contributed by atoms with Crippen molar-refractivity contribution >= 4 is 5.91 Å². The van der Waals surface area contributed by atoms with Crippen LogP contribution < -0.4 is 5.32 Å². The highest BCUT2D eigenvalue weighted by Crippen LogP contribution is 2.59. The van der Waals surface area contributed by atoms with Crippen LogP contribution in [-0.4, -0.2) is 11.9 Å². The average molecular weight is 267 g/mol. The second-order valence-corrected chi connectivity index (χ2v) is 5.97. The maximum Gasteiger partial charge on any atom is 0.225 e. The molecule has 4 unspecified atom stereocenters. The summed E-state index contributed by atoms with van der Waals surface area (Å²) in [6.07, 6.45) is 9.58. The van der Waals surface area contributed by atoms with Gasteiger partial charge in [0.25, 0.3) is 0 Å². The molecule has 0 radical (unpaired) electrons. The van der Waals surface area contributed by atoms with E-state index < -0.39 is 0 Å². The molecule has 4 atom stereocenters. The highest BCUT2D eigenvalue weighted by atomic mass is 16.2. The maximum atomic E-state index is 12.4. The zero-order chi connectivity index (χ0) is 14.1. The molecule has 3 rings (SSSR count). The first-order valence-electron chi connectivity index (χ1n) is 7.60. The smallest absolute Gasteiger partial charge is 0.225 e. The van der Waals surface area contributed by atoms with E-state index in [-0.39, 0.29) is 17.9 Å². The van der Waals surface area contributed by atoms with Crippen LogP contribution in [0, 0.1) is 24.2 Å². The van der Waals surface area contributed by atoms with Gasteiger partial charge in [-0.1, -0.05) is 43.5 Å². The van der Waals surface area contributed by atoms with Gasteiger partial charge in [0, 0.05) is 5.92 Å². The predicted molar refractivity (Wildman–Crippen MR) is 80.2 cm³/mol. The summed E-state index contributed by atoms with van der Waals surface area (Å²) < 4.78 is 0. The van der Waals surface area contributed by atoms with Crippen molar-refractivity contribution in [3.63, 3.8) is 0 Å². The van der Waals surface area contributed by atoms with Crippen molar-refractivity contribution in [2.45, 2.75) is 44.6 Å². The monoisotopic (exact) mass is 267 g/mol. The number of fused-ring (bicyclic) bond motifs is 3. The normalized spacial score (nSPS) is 27.7. The molecule has 0 saturated heterocycles. The molecule has 0 aromatic heterocycles. The van der Waals surface area contributed by atoms with E-state index in [1.54, 1.807) is 0 Å². The van der Waals surface area contributed by atoms with E-state index in [0.29, 0.717) is 11.8 Å². The van der Waals surface area contributed by atoms with Crippen LogP contribution in [0.15, 0.2) is 24.3 Å². The zero-order valence-electron chi connectivity index (χ0n) is 11.9. The Balaban J connectivity index is 1.70. The van der Waals surface area contributed by atoms with Crippen molar-refractivity contribution in [1.82, 2.24) is 5.32 Å². The fourth-order valence-electron chi connectivity index (χ4n) is 3.68. The van der Waals surface area contributed by atoms with Crippen LogP contribution in [0.1, 0.15) is 43.2 Å². The second-order valence-electron chi connectivity index (χ2n) is 5.97. The molecule has 104 valence electrons. The van der Waals surface area contributed by atoms with Crippen molar-refractivity contribution in [2.24, 2.45) is 11.8 Å². The number of benzene rings is 1. The minimum Gasteiger partial charge on any atom is -0.342 e. The Morgan fingerprint density at radius 3 is 3.05 bits per heavy atom. The van der Waals surface area contributed by atoms with Gasteiger partial charge in [-0.15, -0.1) is 6.42 Å². The zero-order valence-corrected chi connectivity index (χ0v) is 11.9. The Kier molecular flexibility index (Phi) is 3.53. The number of carbonyl (C=O) groups is 1. The summed E-state index contributed by atoms with van der Waals surface area (Å²) >= 11 is 0. The third-order valence-electron chi connectivity index (χ3n) is 4.73. The molecule has 0 spiro atoms. The summed E-state index contributed by atoms with van der Waals surface area (Å²) in [7, 11) is 0. The molecule has 1 aromatic carbocycles. The fourth-order valence-corrected chi connectivity index (χ4v) is 3.68. The molecule has 2 aliphatic carbocycles. The first-order chi connectivity index (χ1) is 9.76. The van der Waals surface area contributed by atoms with E-state index >= 15 is 0 Å². The molecule has 2 heteroatoms. The lowest BCUT2D eigenvalue weighted by atomic mass is 9.92. The molecule has 1 N–H and O–H groups in total. The molecule has 1 amide bonds. The first kappa shape index (κ1) is 13.2. The average Bonchev–Trinajstić information content (AvgIpc) is 3.21. The number of nitrogens with one attached hydrogen (secondary N) is 1. The van der Waals surface area contributed by atoms with Gasteiger partial charge in [0.1, 0.15) is 0 Å². The van der Waals surface area contributed by atoms with E-state index in [1.165, 1.54) is 11.1 Å². The number of hydrogen-bond acceptors (Lipinski definition) is 1. The Labute approximate surface area is 121 Å². The number of terminal acetylenes is 1. The Morgan fingerprint density at radius 2 is 2.30 bits per heavy atom. The molecular formula is C18H21NO. The van der Waals surface area contributed by atoms with E-state index in [9.17, 15) is 4.79 Å². The largest absolute Gasteiger partial charge is 0.342 e. The quantitative estimate of drug-likeness (QED) is 0.835. The van der Waals surface area contributed by atoms with Crippen LogP contribution in [0.4, 0.5) is 0 Å². The molecule has 0 bridgehead atoms. The third-order valence-corrected chi connectivity index (χ3v) is 4.73. The maximum absolute atomic E-state index is 12.4. The Morgan fingerprint density at radius 1 is 1.50 bits per heavy atom. The minimum absolute atomic E-state index is 0.106. The first-order valence-corrected chi connectivity index (χ1v) is 7.60. The highest BCUT2D eigenvalue weighted by molar-refractivity contribution is 5.84. The Hall–Kier alpha value is -1.75. The molecule has 0 aliphatic heterocycles. The highest BCUT2D eigenvalue weighted by Gasteiger charge is 2.57. The standard InChI is InChI=1S/C18H21NO/c1-3-7-13(4-2)19-18(20)17-15-11-10-12-8-5-6-9-14(12)16(15)17/h2,5-6,8-9,13,15-17H,3,7,10-11H2,1H3,(H,19,20). The van der Waals surface area contributed by atoms with Crippen LogP contribution >= 0.6 is 0 Å². The van der Waals surface area contributed by atoms with E-state index in [1.807, 2.05) is 0 Å². The van der Waals surface area contributed by atoms with Gasteiger partial charge in [-0.3, -0.25) is 4.79 Å². The summed E-state index contributed by atoms with van der Waals surface area (Å²) in [5.74, 6) is 3.95. The lowest BCUT2D eigenvalue weighted by Gasteiger charge is -2.13. The van der Waals surface area contributed by atoms with Crippen LogP contribution in [0.25, 0.3) is 0 Å². The van der Waals surface area contributed by atoms with Crippen LogP contribution in [0.2, 0.25) is 0 Å². The van der Waals surface area contributed by atoms with Crippen molar-refractivity contribution in [1.29, 1.82) is 0 Å². The summed E-state index contributed by atoms with van der Waals surface area (Å²) in [5, 5.41) is 3.04. The molecular weight excluding hydrogens is 246 g/mol. The van der Waals surface area contributed by atoms with Gasteiger partial charge < -0.3 is 5.32 Å². The lowest BCUT2D eigenvalue weighted by Crippen LogP contribution is -2.35. The van der Waals surface area contributed by atoms with Gasteiger partial charge in [-0.25, -0.2) is 0 Å². The Bertz CT molecular complexity index is 557. The molecule has 0 heterocycles. The van der Waals surface area contributed by atoms with Crippen LogP contribution in [0.5, 0.6) is 0 Å². The van der Waals surface area contributed by atoms with Crippen molar-refractivity contribution < 1.29 is 4.79 Å². The summed E-state index contributed by atoms with van der Waals surface area (Å²) in [6.45, 7) is 2.09. The molecule has 1 saturated carbocycles. The van der Waals surface area contributed by atoms with Gasteiger partial charge in [0.2, 0.25) is 5.91 Å². The topological polar surface area (TPSA) is 29.1 Å². The van der Waals surface area contributed by atoms with Crippen LogP contribution in [0.3, 0.4) is 0 Å². The fraction of sp³-hybridized carbons (Fsp3) is 0.500. The van der Waals surface area contributed by atoms with Gasteiger partial charge >= 0.3 is 0 Å². The summed E-state index contributed by atoms with van der Waals surface area (Å²) in [4.78, 5) is 12.4. The summed E-state index contributed by atoms with van der Waals surface area (Å²) in [6, 6.07) is 8.44. The number of amides is 1. The van der Waals surface area contributed by atoms with E-state index in [0.717, 1.165) is 25.7 Å². The number of rotatable bonds is 4. The van der Waals surface area contributed by atoms with Gasteiger partial charge in [-0.05, 0) is 42.2 Å². The number of carbonyl (C=O) groups excluding carboxylic acids is 1. The van der Waals surface area contributed by atoms with Gasteiger partial charge in [-0.2, -0.15) is 0 Å². The van der Waals surface area contributed by atoms with Crippen molar-refractivity contribution in [3.8, 4) is 12.3 Å². The predicted octanol–water partition coefficient (Wildman–Crippen LogP) is 2.88.